The minimum atomic E-state index is -0.197. The summed E-state index contributed by atoms with van der Waals surface area (Å²) in [7, 11) is 0. The van der Waals surface area contributed by atoms with Crippen LogP contribution < -0.4 is 0 Å². The summed E-state index contributed by atoms with van der Waals surface area (Å²) < 4.78 is 3.79. The van der Waals surface area contributed by atoms with E-state index in [0.29, 0.717) is 18.8 Å². The highest BCUT2D eigenvalue weighted by Gasteiger charge is 2.22. The van der Waals surface area contributed by atoms with Gasteiger partial charge in [0.2, 0.25) is 0 Å². The van der Waals surface area contributed by atoms with E-state index in [9.17, 15) is 4.79 Å². The molecule has 0 atom stereocenters. The van der Waals surface area contributed by atoms with Gasteiger partial charge in [-0.2, -0.15) is 5.10 Å². The topological polar surface area (TPSA) is 64.7 Å². The number of rotatable bonds is 3. The average Bonchev–Trinajstić information content (AvgIpc) is 3.41. The third kappa shape index (κ3) is 2.95. The molecule has 1 amide bonds. The highest BCUT2D eigenvalue weighted by molar-refractivity contribution is 5.91. The lowest BCUT2D eigenvalue weighted by molar-refractivity contribution is -0.144. The van der Waals surface area contributed by atoms with E-state index < -0.39 is 0 Å². The van der Waals surface area contributed by atoms with Gasteiger partial charge >= 0.3 is 0 Å². The molecular formula is C21H19N5O2. The first kappa shape index (κ1) is 16.7. The number of aromatic nitrogens is 4. The smallest absolute Gasteiger partial charge is 0.297 e. The Morgan fingerprint density at radius 1 is 0.964 bits per heavy atom. The second kappa shape index (κ2) is 6.94. The van der Waals surface area contributed by atoms with Crippen LogP contribution in [-0.4, -0.2) is 43.3 Å². The molecule has 0 bridgehead atoms. The molecule has 1 aliphatic heterocycles. The van der Waals surface area contributed by atoms with Crippen LogP contribution in [0.4, 0.5) is 0 Å². The maximum absolute atomic E-state index is 12.6. The Morgan fingerprint density at radius 3 is 2.64 bits per heavy atom. The molecule has 1 aliphatic rings. The molecule has 0 spiro atoms. The SMILES string of the molecule is O=C(c1ccn(-c2ccc3ccc(-c4ccncc4)cn23)n1)N1CCCCO1. The van der Waals surface area contributed by atoms with E-state index in [0.717, 1.165) is 35.3 Å². The molecule has 28 heavy (non-hydrogen) atoms. The molecule has 0 aromatic carbocycles. The normalized spacial score (nSPS) is 14.5. The summed E-state index contributed by atoms with van der Waals surface area (Å²) in [5.74, 6) is 0.668. The van der Waals surface area contributed by atoms with Crippen molar-refractivity contribution in [3.05, 3.63) is 72.9 Å². The molecule has 1 fully saturated rings. The van der Waals surface area contributed by atoms with Crippen molar-refractivity contribution in [2.24, 2.45) is 0 Å². The zero-order valence-corrected chi connectivity index (χ0v) is 15.2. The molecule has 4 aromatic heterocycles. The number of hydrogen-bond acceptors (Lipinski definition) is 4. The molecule has 4 aromatic rings. The average molecular weight is 373 g/mol. The lowest BCUT2D eigenvalue weighted by Gasteiger charge is -2.24. The van der Waals surface area contributed by atoms with E-state index in [4.69, 9.17) is 4.84 Å². The molecule has 5 rings (SSSR count). The lowest BCUT2D eigenvalue weighted by atomic mass is 10.1. The Hall–Kier alpha value is -3.45. The Morgan fingerprint density at radius 2 is 1.82 bits per heavy atom. The minimum Gasteiger partial charge on any atom is -0.301 e. The van der Waals surface area contributed by atoms with Crippen molar-refractivity contribution in [1.29, 1.82) is 0 Å². The van der Waals surface area contributed by atoms with Gasteiger partial charge in [-0.25, -0.2) is 9.75 Å². The van der Waals surface area contributed by atoms with Gasteiger partial charge in [0, 0.05) is 36.8 Å². The fraction of sp³-hybridized carbons (Fsp3) is 0.190. The van der Waals surface area contributed by atoms with Crippen LogP contribution in [0.2, 0.25) is 0 Å². The van der Waals surface area contributed by atoms with Crippen LogP contribution in [0, 0.1) is 0 Å². The molecule has 7 heteroatoms. The summed E-state index contributed by atoms with van der Waals surface area (Å²) in [6.07, 6.45) is 9.37. The number of carbonyl (C=O) groups is 1. The predicted molar refractivity (Wildman–Crippen MR) is 104 cm³/mol. The summed E-state index contributed by atoms with van der Waals surface area (Å²) in [5.41, 5.74) is 3.60. The van der Waals surface area contributed by atoms with Crippen LogP contribution in [0.5, 0.6) is 0 Å². The fourth-order valence-corrected chi connectivity index (χ4v) is 3.44. The Labute approximate surface area is 161 Å². The third-order valence-corrected chi connectivity index (χ3v) is 4.92. The first-order valence-electron chi connectivity index (χ1n) is 9.32. The quantitative estimate of drug-likeness (QED) is 0.552. The fourth-order valence-electron chi connectivity index (χ4n) is 3.44. The van der Waals surface area contributed by atoms with Crippen molar-refractivity contribution < 1.29 is 9.63 Å². The van der Waals surface area contributed by atoms with Crippen LogP contribution >= 0.6 is 0 Å². The molecule has 140 valence electrons. The van der Waals surface area contributed by atoms with Gasteiger partial charge in [0.05, 0.1) is 6.61 Å². The summed E-state index contributed by atoms with van der Waals surface area (Å²) >= 11 is 0. The van der Waals surface area contributed by atoms with Crippen molar-refractivity contribution in [1.82, 2.24) is 24.2 Å². The van der Waals surface area contributed by atoms with Gasteiger partial charge in [0.15, 0.2) is 5.69 Å². The number of hydroxylamine groups is 2. The third-order valence-electron chi connectivity index (χ3n) is 4.92. The zero-order chi connectivity index (χ0) is 18.9. The van der Waals surface area contributed by atoms with Gasteiger partial charge in [0.1, 0.15) is 5.82 Å². The largest absolute Gasteiger partial charge is 0.301 e. The molecule has 0 radical (unpaired) electrons. The van der Waals surface area contributed by atoms with Gasteiger partial charge in [-0.3, -0.25) is 14.6 Å². The van der Waals surface area contributed by atoms with E-state index in [2.05, 4.69) is 32.8 Å². The highest BCUT2D eigenvalue weighted by atomic mass is 16.7. The van der Waals surface area contributed by atoms with Crippen LogP contribution in [0.3, 0.4) is 0 Å². The number of amides is 1. The molecular weight excluding hydrogens is 354 g/mol. The second-order valence-electron chi connectivity index (χ2n) is 6.73. The van der Waals surface area contributed by atoms with Crippen molar-refractivity contribution in [3.8, 4) is 16.9 Å². The van der Waals surface area contributed by atoms with Crippen molar-refractivity contribution in [3.63, 3.8) is 0 Å². The standard InChI is InChI=1S/C21H19N5O2/c27-21(26-12-1-2-14-28-26)19-9-13-25(23-19)20-6-5-18-4-3-17(15-24(18)20)16-7-10-22-11-8-16/h3-11,13,15H,1-2,12,14H2. The van der Waals surface area contributed by atoms with Crippen LogP contribution in [0.15, 0.2) is 67.3 Å². The summed E-state index contributed by atoms with van der Waals surface area (Å²) in [6.45, 7) is 1.18. The monoisotopic (exact) mass is 373 g/mol. The predicted octanol–water partition coefficient (Wildman–Crippen LogP) is 3.35. The number of pyridine rings is 2. The maximum Gasteiger partial charge on any atom is 0.297 e. The Bertz CT molecular complexity index is 1130. The molecule has 0 unspecified atom stereocenters. The number of fused-ring (bicyclic) bond motifs is 1. The van der Waals surface area contributed by atoms with E-state index in [1.165, 1.54) is 5.06 Å². The Kier molecular flexibility index (Phi) is 4.14. The van der Waals surface area contributed by atoms with Gasteiger partial charge in [-0.05, 0) is 60.4 Å². The Balaban J connectivity index is 1.49. The second-order valence-corrected chi connectivity index (χ2v) is 6.73. The van der Waals surface area contributed by atoms with Gasteiger partial charge in [0.25, 0.3) is 5.91 Å². The minimum absolute atomic E-state index is 0.197. The molecule has 0 saturated carbocycles. The van der Waals surface area contributed by atoms with Gasteiger partial charge < -0.3 is 4.40 Å². The number of carbonyl (C=O) groups excluding carboxylic acids is 1. The molecule has 1 saturated heterocycles. The van der Waals surface area contributed by atoms with E-state index >= 15 is 0 Å². The first-order chi connectivity index (χ1) is 13.8. The van der Waals surface area contributed by atoms with Crippen molar-refractivity contribution >= 4 is 11.4 Å². The maximum atomic E-state index is 12.6. The zero-order valence-electron chi connectivity index (χ0n) is 15.2. The van der Waals surface area contributed by atoms with Crippen LogP contribution in [0.1, 0.15) is 23.3 Å². The highest BCUT2D eigenvalue weighted by Crippen LogP contribution is 2.22. The number of nitrogens with zero attached hydrogens (tertiary/aromatic N) is 5. The van der Waals surface area contributed by atoms with Gasteiger partial charge in [-0.15, -0.1) is 0 Å². The van der Waals surface area contributed by atoms with Crippen molar-refractivity contribution in [2.45, 2.75) is 12.8 Å². The van der Waals surface area contributed by atoms with E-state index in [1.807, 2.05) is 24.3 Å². The first-order valence-corrected chi connectivity index (χ1v) is 9.32. The molecule has 0 N–H and O–H groups in total. The summed E-state index contributed by atoms with van der Waals surface area (Å²) in [5, 5.41) is 5.91. The van der Waals surface area contributed by atoms with Gasteiger partial charge in [-0.1, -0.05) is 6.07 Å². The van der Waals surface area contributed by atoms with Crippen LogP contribution in [-0.2, 0) is 4.84 Å². The van der Waals surface area contributed by atoms with Crippen molar-refractivity contribution in [2.75, 3.05) is 13.2 Å². The summed E-state index contributed by atoms with van der Waals surface area (Å²) in [4.78, 5) is 22.1. The molecule has 0 aliphatic carbocycles. The molecule has 5 heterocycles. The lowest BCUT2D eigenvalue weighted by Crippen LogP contribution is -2.36. The van der Waals surface area contributed by atoms with E-state index in [1.54, 1.807) is 29.3 Å². The van der Waals surface area contributed by atoms with E-state index in [-0.39, 0.29) is 5.91 Å². The number of hydrogen-bond donors (Lipinski definition) is 0. The summed E-state index contributed by atoms with van der Waals surface area (Å²) in [6, 6.07) is 13.9. The molecule has 7 nitrogen and oxygen atoms in total. The van der Waals surface area contributed by atoms with Crippen LogP contribution in [0.25, 0.3) is 22.5 Å².